The highest BCUT2D eigenvalue weighted by Crippen LogP contribution is 2.29. The predicted molar refractivity (Wildman–Crippen MR) is 100 cm³/mol. The Morgan fingerprint density at radius 2 is 1.36 bits per heavy atom. The average Bonchev–Trinajstić information content (AvgIpc) is 2.68. The minimum Gasteiger partial charge on any atom is -0.508 e. The Morgan fingerprint density at radius 3 is 1.86 bits per heavy atom. The lowest BCUT2D eigenvalue weighted by molar-refractivity contribution is -0.112. The number of ether oxygens (including phenoxy) is 1. The number of carbonyl (C=O) groups excluding carboxylic acids is 1. The number of benzene rings is 2. The zero-order chi connectivity index (χ0) is 20.1. The first-order valence-corrected chi connectivity index (χ1v) is 8.66. The van der Waals surface area contributed by atoms with Crippen molar-refractivity contribution in [2.24, 2.45) is 0 Å². The summed E-state index contributed by atoms with van der Waals surface area (Å²) in [6, 6.07) is 10.5. The third kappa shape index (κ3) is 4.91. The Balaban J connectivity index is 1.77. The molecule has 2 aromatic rings. The minimum atomic E-state index is -2.52. The third-order valence-corrected chi connectivity index (χ3v) is 4.29. The smallest absolute Gasteiger partial charge is 0.344 e. The SMILES string of the molecule is O=C1/C(=C\c2ccc(O)cc2)CCC/C1=C\c1ccc(OC(F)=C(F)F)cc1. The maximum atomic E-state index is 12.8. The van der Waals surface area contributed by atoms with Crippen LogP contribution in [-0.4, -0.2) is 10.9 Å². The predicted octanol–water partition coefficient (Wildman–Crippen LogP) is 6.03. The van der Waals surface area contributed by atoms with E-state index in [-0.39, 0.29) is 17.3 Å². The van der Waals surface area contributed by atoms with Gasteiger partial charge in [0.15, 0.2) is 5.78 Å². The van der Waals surface area contributed by atoms with Crippen LogP contribution >= 0.6 is 0 Å². The lowest BCUT2D eigenvalue weighted by Gasteiger charge is -2.16. The summed E-state index contributed by atoms with van der Waals surface area (Å²) in [6.07, 6.45) is 3.16. The van der Waals surface area contributed by atoms with E-state index in [1.165, 1.54) is 12.1 Å². The number of phenols is 1. The van der Waals surface area contributed by atoms with Gasteiger partial charge in [0.1, 0.15) is 11.5 Å². The Bertz CT molecular complexity index is 952. The monoisotopic (exact) mass is 386 g/mol. The number of hydrogen-bond donors (Lipinski definition) is 1. The average molecular weight is 386 g/mol. The largest absolute Gasteiger partial charge is 0.508 e. The number of allylic oxidation sites excluding steroid dienone is 2. The molecule has 1 aliphatic carbocycles. The Hall–Kier alpha value is -3.28. The van der Waals surface area contributed by atoms with Gasteiger partial charge in [0.2, 0.25) is 0 Å². The van der Waals surface area contributed by atoms with E-state index in [1.807, 2.05) is 6.08 Å². The molecule has 0 aromatic heterocycles. The summed E-state index contributed by atoms with van der Waals surface area (Å²) in [5, 5.41) is 9.35. The van der Waals surface area contributed by atoms with Crippen LogP contribution in [0.3, 0.4) is 0 Å². The van der Waals surface area contributed by atoms with Gasteiger partial charge in [-0.05, 0) is 66.8 Å². The van der Waals surface area contributed by atoms with Crippen molar-refractivity contribution in [1.82, 2.24) is 0 Å². The lowest BCUT2D eigenvalue weighted by atomic mass is 9.87. The molecule has 0 aliphatic heterocycles. The molecule has 0 heterocycles. The topological polar surface area (TPSA) is 46.5 Å². The molecular weight excluding hydrogens is 369 g/mol. The maximum absolute atomic E-state index is 12.8. The van der Waals surface area contributed by atoms with Gasteiger partial charge in [-0.1, -0.05) is 24.3 Å². The molecule has 0 bridgehead atoms. The summed E-state index contributed by atoms with van der Waals surface area (Å²) in [6.45, 7) is 0. The van der Waals surface area contributed by atoms with E-state index < -0.39 is 12.1 Å². The molecule has 0 spiro atoms. The van der Waals surface area contributed by atoms with Crippen LogP contribution in [0.25, 0.3) is 12.2 Å². The second-order valence-electron chi connectivity index (χ2n) is 6.32. The van der Waals surface area contributed by atoms with Gasteiger partial charge in [0.25, 0.3) is 0 Å². The summed E-state index contributed by atoms with van der Waals surface area (Å²) < 4.78 is 41.3. The van der Waals surface area contributed by atoms with Crippen molar-refractivity contribution in [2.45, 2.75) is 19.3 Å². The van der Waals surface area contributed by atoms with Gasteiger partial charge in [-0.3, -0.25) is 4.79 Å². The van der Waals surface area contributed by atoms with Crippen LogP contribution in [0.5, 0.6) is 11.5 Å². The third-order valence-electron chi connectivity index (χ3n) is 4.29. The molecule has 0 saturated heterocycles. The number of ketones is 1. The van der Waals surface area contributed by atoms with Crippen LogP contribution in [0.2, 0.25) is 0 Å². The fraction of sp³-hybridized carbons (Fsp3) is 0.136. The van der Waals surface area contributed by atoms with E-state index in [9.17, 15) is 23.1 Å². The Kier molecular flexibility index (Phi) is 5.99. The molecule has 1 fully saturated rings. The maximum Gasteiger partial charge on any atom is 0.344 e. The van der Waals surface area contributed by atoms with Crippen LogP contribution < -0.4 is 4.74 Å². The number of halogens is 3. The zero-order valence-electron chi connectivity index (χ0n) is 14.8. The van der Waals surface area contributed by atoms with Gasteiger partial charge >= 0.3 is 12.1 Å². The molecule has 0 atom stereocenters. The number of carbonyl (C=O) groups is 1. The standard InChI is InChI=1S/C22H17F3O3/c23-21(24)22(25)28-19-10-6-15(7-11-19)13-17-3-1-2-16(20(17)27)12-14-4-8-18(26)9-5-14/h4-13,26H,1-3H2/b16-12-,17-13+. The van der Waals surface area contributed by atoms with E-state index in [1.54, 1.807) is 42.5 Å². The molecule has 0 radical (unpaired) electrons. The number of aromatic hydroxyl groups is 1. The molecule has 0 unspecified atom stereocenters. The summed E-state index contributed by atoms with van der Waals surface area (Å²) in [4.78, 5) is 12.7. The van der Waals surface area contributed by atoms with Crippen LogP contribution in [0.4, 0.5) is 13.2 Å². The zero-order valence-corrected chi connectivity index (χ0v) is 14.8. The molecule has 1 N–H and O–H groups in total. The van der Waals surface area contributed by atoms with Crippen molar-refractivity contribution in [1.29, 1.82) is 0 Å². The lowest BCUT2D eigenvalue weighted by Crippen LogP contribution is -2.12. The van der Waals surface area contributed by atoms with E-state index in [0.29, 0.717) is 29.6 Å². The van der Waals surface area contributed by atoms with Crippen LogP contribution in [0, 0.1) is 0 Å². The van der Waals surface area contributed by atoms with E-state index in [2.05, 4.69) is 4.74 Å². The molecule has 3 nitrogen and oxygen atoms in total. The Morgan fingerprint density at radius 1 is 0.857 bits per heavy atom. The first-order valence-electron chi connectivity index (χ1n) is 8.66. The van der Waals surface area contributed by atoms with Gasteiger partial charge in [0.05, 0.1) is 0 Å². The highest BCUT2D eigenvalue weighted by molar-refractivity contribution is 6.13. The van der Waals surface area contributed by atoms with Crippen molar-refractivity contribution >= 4 is 17.9 Å². The van der Waals surface area contributed by atoms with Gasteiger partial charge in [-0.2, -0.15) is 13.2 Å². The fourth-order valence-corrected chi connectivity index (χ4v) is 2.93. The van der Waals surface area contributed by atoms with Crippen LogP contribution in [0.1, 0.15) is 30.4 Å². The Labute approximate surface area is 160 Å². The van der Waals surface area contributed by atoms with Crippen molar-refractivity contribution in [3.8, 4) is 11.5 Å². The molecule has 1 aliphatic rings. The number of hydrogen-bond acceptors (Lipinski definition) is 3. The minimum absolute atomic E-state index is 0.0480. The normalized spacial score (nSPS) is 17.0. The molecule has 3 rings (SSSR count). The fourth-order valence-electron chi connectivity index (χ4n) is 2.93. The first kappa shape index (κ1) is 19.5. The second-order valence-corrected chi connectivity index (χ2v) is 6.32. The van der Waals surface area contributed by atoms with Crippen molar-refractivity contribution in [3.63, 3.8) is 0 Å². The molecule has 6 heteroatoms. The van der Waals surface area contributed by atoms with Crippen LogP contribution in [0.15, 0.2) is 71.8 Å². The van der Waals surface area contributed by atoms with Gasteiger partial charge in [0, 0.05) is 11.1 Å². The number of rotatable bonds is 4. The molecule has 1 saturated carbocycles. The van der Waals surface area contributed by atoms with Crippen molar-refractivity contribution in [2.75, 3.05) is 0 Å². The molecule has 28 heavy (non-hydrogen) atoms. The molecule has 144 valence electrons. The second kappa shape index (κ2) is 8.61. The first-order chi connectivity index (χ1) is 13.4. The summed E-state index contributed by atoms with van der Waals surface area (Å²) >= 11 is 0. The summed E-state index contributed by atoms with van der Waals surface area (Å²) in [5.41, 5.74) is 2.85. The number of Topliss-reactive ketones (excluding diaryl/α,β-unsaturated/α-hetero) is 1. The quantitative estimate of drug-likeness (QED) is 0.516. The van der Waals surface area contributed by atoms with E-state index in [0.717, 1.165) is 12.0 Å². The van der Waals surface area contributed by atoms with Gasteiger partial charge < -0.3 is 9.84 Å². The molecular formula is C22H17F3O3. The van der Waals surface area contributed by atoms with Crippen molar-refractivity contribution in [3.05, 3.63) is 82.9 Å². The number of phenolic OH excluding ortho intramolecular Hbond substituents is 1. The van der Waals surface area contributed by atoms with Crippen LogP contribution in [-0.2, 0) is 4.79 Å². The summed E-state index contributed by atoms with van der Waals surface area (Å²) in [5.74, 6) is 0.0539. The van der Waals surface area contributed by atoms with Gasteiger partial charge in [-0.15, -0.1) is 0 Å². The summed E-state index contributed by atoms with van der Waals surface area (Å²) in [7, 11) is 0. The van der Waals surface area contributed by atoms with E-state index >= 15 is 0 Å². The molecule has 0 amide bonds. The van der Waals surface area contributed by atoms with E-state index in [4.69, 9.17) is 0 Å². The van der Waals surface area contributed by atoms with Crippen molar-refractivity contribution < 1.29 is 27.8 Å². The van der Waals surface area contributed by atoms with Gasteiger partial charge in [-0.25, -0.2) is 0 Å². The molecule has 2 aromatic carbocycles. The highest BCUT2D eigenvalue weighted by Gasteiger charge is 2.20. The highest BCUT2D eigenvalue weighted by atomic mass is 19.3.